The Morgan fingerprint density at radius 2 is 1.37 bits per heavy atom. The SMILES string of the molecule is Cn1c(=O)c2c(nc(N3CCN(Cc4ccccc4Cl)CC3)n2Cc2ccccc2Cl)n(C)c1=O. The number of piperazine rings is 1. The van der Waals surface area contributed by atoms with E-state index in [9.17, 15) is 9.59 Å². The van der Waals surface area contributed by atoms with Gasteiger partial charge in [-0.3, -0.25) is 23.4 Å². The summed E-state index contributed by atoms with van der Waals surface area (Å²) in [4.78, 5) is 35.1. The lowest BCUT2D eigenvalue weighted by molar-refractivity contribution is 0.248. The van der Waals surface area contributed by atoms with E-state index in [1.54, 1.807) is 7.05 Å². The molecule has 0 amide bonds. The Balaban J connectivity index is 1.51. The Kier molecular flexibility index (Phi) is 6.44. The molecule has 0 atom stereocenters. The molecule has 3 heterocycles. The van der Waals surface area contributed by atoms with E-state index in [0.717, 1.165) is 53.4 Å². The first-order chi connectivity index (χ1) is 16.8. The highest BCUT2D eigenvalue weighted by atomic mass is 35.5. The zero-order valence-electron chi connectivity index (χ0n) is 19.6. The van der Waals surface area contributed by atoms with Crippen molar-refractivity contribution in [2.45, 2.75) is 13.1 Å². The quantitative estimate of drug-likeness (QED) is 0.411. The zero-order chi connectivity index (χ0) is 24.7. The third kappa shape index (κ3) is 4.37. The Hall–Kier alpha value is -3.07. The minimum atomic E-state index is -0.402. The van der Waals surface area contributed by atoms with E-state index in [0.29, 0.717) is 28.7 Å². The van der Waals surface area contributed by atoms with Crippen LogP contribution in [-0.2, 0) is 27.2 Å². The lowest BCUT2D eigenvalue weighted by Crippen LogP contribution is -2.47. The van der Waals surface area contributed by atoms with Crippen molar-refractivity contribution in [1.82, 2.24) is 23.6 Å². The summed E-state index contributed by atoms with van der Waals surface area (Å²) in [5.41, 5.74) is 1.98. The number of anilines is 1. The molecule has 4 aromatic rings. The third-order valence-corrected chi connectivity index (χ3v) is 7.36. The molecule has 2 aromatic carbocycles. The van der Waals surface area contributed by atoms with Crippen LogP contribution in [-0.4, -0.2) is 49.8 Å². The second kappa shape index (κ2) is 9.53. The first-order valence-electron chi connectivity index (χ1n) is 11.5. The van der Waals surface area contributed by atoms with Crippen LogP contribution >= 0.6 is 23.2 Å². The monoisotopic (exact) mass is 512 g/mol. The molecule has 1 saturated heterocycles. The summed E-state index contributed by atoms with van der Waals surface area (Å²) in [5.74, 6) is 0.663. The zero-order valence-corrected chi connectivity index (χ0v) is 21.1. The van der Waals surface area contributed by atoms with Crippen LogP contribution in [0.25, 0.3) is 11.2 Å². The van der Waals surface area contributed by atoms with Crippen molar-refractivity contribution in [1.29, 1.82) is 0 Å². The molecule has 0 bridgehead atoms. The summed E-state index contributed by atoms with van der Waals surface area (Å²) in [5, 5.41) is 1.39. The average molecular weight is 513 g/mol. The number of halogens is 2. The first kappa shape index (κ1) is 23.7. The van der Waals surface area contributed by atoms with E-state index in [2.05, 4.69) is 9.80 Å². The number of hydrogen-bond acceptors (Lipinski definition) is 5. The van der Waals surface area contributed by atoms with Gasteiger partial charge in [-0.15, -0.1) is 0 Å². The summed E-state index contributed by atoms with van der Waals surface area (Å²) in [6.45, 7) is 4.24. The molecular weight excluding hydrogens is 487 g/mol. The predicted octanol–water partition coefficient (Wildman–Crippen LogP) is 3.11. The normalized spacial score (nSPS) is 14.7. The number of aromatic nitrogens is 4. The fourth-order valence-corrected chi connectivity index (χ4v) is 4.99. The van der Waals surface area contributed by atoms with E-state index in [-0.39, 0.29) is 5.56 Å². The van der Waals surface area contributed by atoms with Gasteiger partial charge in [-0.1, -0.05) is 59.6 Å². The minimum absolute atomic E-state index is 0.369. The lowest BCUT2D eigenvalue weighted by Gasteiger charge is -2.35. The smallest absolute Gasteiger partial charge is 0.332 e. The second-order valence-electron chi connectivity index (χ2n) is 8.82. The number of imidazole rings is 1. The molecule has 182 valence electrons. The summed E-state index contributed by atoms with van der Waals surface area (Å²) >= 11 is 12.8. The fraction of sp³-hybridized carbons (Fsp3) is 0.320. The summed E-state index contributed by atoms with van der Waals surface area (Å²) < 4.78 is 4.44. The van der Waals surface area contributed by atoms with Crippen LogP contribution in [0.2, 0.25) is 10.0 Å². The number of aryl methyl sites for hydroxylation is 1. The molecule has 0 N–H and O–H groups in total. The molecule has 35 heavy (non-hydrogen) atoms. The van der Waals surface area contributed by atoms with Crippen molar-refractivity contribution >= 4 is 40.3 Å². The van der Waals surface area contributed by atoms with Gasteiger partial charge in [-0.2, -0.15) is 4.98 Å². The van der Waals surface area contributed by atoms with Crippen molar-refractivity contribution in [3.8, 4) is 0 Å². The Bertz CT molecular complexity index is 1510. The van der Waals surface area contributed by atoms with Gasteiger partial charge >= 0.3 is 5.69 Å². The van der Waals surface area contributed by atoms with E-state index in [1.807, 2.05) is 53.1 Å². The molecule has 2 aromatic heterocycles. The van der Waals surface area contributed by atoms with Crippen LogP contribution in [0.3, 0.4) is 0 Å². The van der Waals surface area contributed by atoms with Gasteiger partial charge in [0.25, 0.3) is 5.56 Å². The summed E-state index contributed by atoms with van der Waals surface area (Å²) in [7, 11) is 3.13. The molecule has 1 aliphatic rings. The van der Waals surface area contributed by atoms with Crippen molar-refractivity contribution in [3.63, 3.8) is 0 Å². The molecule has 5 rings (SSSR count). The van der Waals surface area contributed by atoms with Crippen LogP contribution in [0, 0.1) is 0 Å². The number of fused-ring (bicyclic) bond motifs is 1. The van der Waals surface area contributed by atoms with Gasteiger partial charge < -0.3 is 4.90 Å². The highest BCUT2D eigenvalue weighted by Crippen LogP contribution is 2.26. The first-order valence-corrected chi connectivity index (χ1v) is 12.2. The predicted molar refractivity (Wildman–Crippen MR) is 140 cm³/mol. The van der Waals surface area contributed by atoms with E-state index in [1.165, 1.54) is 11.6 Å². The maximum atomic E-state index is 13.2. The Morgan fingerprint density at radius 3 is 1.97 bits per heavy atom. The average Bonchev–Trinajstić information content (AvgIpc) is 3.24. The van der Waals surface area contributed by atoms with Gasteiger partial charge in [0.15, 0.2) is 11.2 Å². The molecule has 8 nitrogen and oxygen atoms in total. The number of benzene rings is 2. The fourth-order valence-electron chi connectivity index (χ4n) is 4.60. The van der Waals surface area contributed by atoms with Crippen molar-refractivity contribution in [2.75, 3.05) is 31.1 Å². The molecule has 0 spiro atoms. The van der Waals surface area contributed by atoms with Gasteiger partial charge in [0.2, 0.25) is 5.95 Å². The standard InChI is InChI=1S/C25H26Cl2N6O2/c1-29-22-21(23(34)30(2)25(29)35)33(16-18-8-4-6-10-20(18)27)24(28-22)32-13-11-31(12-14-32)15-17-7-3-5-9-19(17)26/h3-10H,11-16H2,1-2H3. The highest BCUT2D eigenvalue weighted by Gasteiger charge is 2.26. The van der Waals surface area contributed by atoms with Crippen molar-refractivity contribution in [3.05, 3.63) is 90.5 Å². The van der Waals surface area contributed by atoms with Crippen molar-refractivity contribution < 1.29 is 0 Å². The van der Waals surface area contributed by atoms with Gasteiger partial charge in [0.1, 0.15) is 0 Å². The van der Waals surface area contributed by atoms with Crippen LogP contribution in [0.15, 0.2) is 58.1 Å². The van der Waals surface area contributed by atoms with Gasteiger partial charge in [0.05, 0.1) is 6.54 Å². The van der Waals surface area contributed by atoms with Gasteiger partial charge in [-0.25, -0.2) is 4.79 Å². The van der Waals surface area contributed by atoms with Gasteiger partial charge in [-0.05, 0) is 23.3 Å². The lowest BCUT2D eigenvalue weighted by atomic mass is 10.2. The van der Waals surface area contributed by atoms with Crippen LogP contribution in [0.1, 0.15) is 11.1 Å². The molecule has 1 fully saturated rings. The van der Waals surface area contributed by atoms with E-state index < -0.39 is 5.69 Å². The molecule has 10 heteroatoms. The summed E-state index contributed by atoms with van der Waals surface area (Å²) in [6, 6.07) is 15.5. The maximum absolute atomic E-state index is 13.2. The maximum Gasteiger partial charge on any atom is 0.332 e. The molecule has 1 aliphatic heterocycles. The largest absolute Gasteiger partial charge is 0.340 e. The Morgan fingerprint density at radius 1 is 0.800 bits per heavy atom. The Labute approximate surface area is 212 Å². The molecule has 0 radical (unpaired) electrons. The minimum Gasteiger partial charge on any atom is -0.340 e. The molecule has 0 saturated carbocycles. The van der Waals surface area contributed by atoms with E-state index in [4.69, 9.17) is 28.2 Å². The topological polar surface area (TPSA) is 68.3 Å². The van der Waals surface area contributed by atoms with Crippen LogP contribution in [0.4, 0.5) is 5.95 Å². The highest BCUT2D eigenvalue weighted by molar-refractivity contribution is 6.31. The summed E-state index contributed by atoms with van der Waals surface area (Å²) in [6.07, 6.45) is 0. The number of rotatable bonds is 5. The third-order valence-electron chi connectivity index (χ3n) is 6.62. The molecular formula is C25H26Cl2N6O2. The van der Waals surface area contributed by atoms with E-state index >= 15 is 0 Å². The van der Waals surface area contributed by atoms with Crippen LogP contribution < -0.4 is 16.1 Å². The molecule has 0 unspecified atom stereocenters. The number of hydrogen-bond donors (Lipinski definition) is 0. The van der Waals surface area contributed by atoms with Crippen LogP contribution in [0.5, 0.6) is 0 Å². The second-order valence-corrected chi connectivity index (χ2v) is 9.64. The van der Waals surface area contributed by atoms with Gasteiger partial charge in [0, 0.05) is 56.9 Å². The van der Waals surface area contributed by atoms with Crippen molar-refractivity contribution in [2.24, 2.45) is 14.1 Å². The number of nitrogens with zero attached hydrogens (tertiary/aromatic N) is 6. The molecule has 0 aliphatic carbocycles.